The van der Waals surface area contributed by atoms with Crippen LogP contribution >= 0.6 is 34.8 Å². The van der Waals surface area contributed by atoms with Gasteiger partial charge in [0, 0.05) is 10.6 Å². The first kappa shape index (κ1) is 16.6. The second kappa shape index (κ2) is 7.01. The fourth-order valence-corrected chi connectivity index (χ4v) is 2.46. The lowest BCUT2D eigenvalue weighted by Crippen LogP contribution is -2.19. The largest absolute Gasteiger partial charge is 0.506 e. The number of hydrogen-bond acceptors (Lipinski definition) is 3. The van der Waals surface area contributed by atoms with Crippen LogP contribution < -0.4 is 5.43 Å². The van der Waals surface area contributed by atoms with Gasteiger partial charge in [-0.3, -0.25) is 4.79 Å². The first-order chi connectivity index (χ1) is 10.4. The van der Waals surface area contributed by atoms with E-state index in [2.05, 4.69) is 10.5 Å². The number of phenols is 1. The molecule has 0 spiro atoms. The Morgan fingerprint density at radius 2 is 1.77 bits per heavy atom. The molecule has 1 amide bonds. The smallest absolute Gasteiger partial charge is 0.272 e. The number of amides is 1. The second-order valence-corrected chi connectivity index (χ2v) is 5.65. The zero-order chi connectivity index (χ0) is 16.3. The number of carbonyl (C=O) groups is 1. The van der Waals surface area contributed by atoms with Crippen molar-refractivity contribution in [3.05, 3.63) is 62.6 Å². The van der Waals surface area contributed by atoms with Crippen LogP contribution in [0.3, 0.4) is 0 Å². The van der Waals surface area contributed by atoms with Gasteiger partial charge in [0.1, 0.15) is 5.75 Å². The van der Waals surface area contributed by atoms with Crippen molar-refractivity contribution in [1.82, 2.24) is 5.43 Å². The Hall–Kier alpha value is -1.75. The summed E-state index contributed by atoms with van der Waals surface area (Å²) >= 11 is 17.7. The molecule has 2 aromatic rings. The summed E-state index contributed by atoms with van der Waals surface area (Å²) in [7, 11) is 0. The minimum atomic E-state index is -0.461. The van der Waals surface area contributed by atoms with E-state index in [-0.39, 0.29) is 10.8 Å². The highest BCUT2D eigenvalue weighted by Gasteiger charge is 2.12. The van der Waals surface area contributed by atoms with Crippen molar-refractivity contribution < 1.29 is 9.90 Å². The molecule has 0 heterocycles. The molecule has 0 fully saturated rings. The number of carbonyl (C=O) groups excluding carboxylic acids is 1. The van der Waals surface area contributed by atoms with Gasteiger partial charge >= 0.3 is 0 Å². The van der Waals surface area contributed by atoms with E-state index in [1.54, 1.807) is 31.2 Å². The maximum absolute atomic E-state index is 12.0. The van der Waals surface area contributed by atoms with Crippen molar-refractivity contribution in [3.8, 4) is 5.75 Å². The van der Waals surface area contributed by atoms with Crippen LogP contribution in [-0.4, -0.2) is 16.7 Å². The van der Waals surface area contributed by atoms with Crippen LogP contribution in [0.1, 0.15) is 22.8 Å². The predicted molar refractivity (Wildman–Crippen MR) is 89.3 cm³/mol. The minimum Gasteiger partial charge on any atom is -0.506 e. The van der Waals surface area contributed by atoms with E-state index in [1.807, 2.05) is 0 Å². The molecule has 0 saturated heterocycles. The summed E-state index contributed by atoms with van der Waals surface area (Å²) in [4.78, 5) is 12.0. The second-order valence-electron chi connectivity index (χ2n) is 4.40. The van der Waals surface area contributed by atoms with Crippen molar-refractivity contribution in [1.29, 1.82) is 0 Å². The van der Waals surface area contributed by atoms with Gasteiger partial charge in [0.05, 0.1) is 21.3 Å². The van der Waals surface area contributed by atoms with Crippen molar-refractivity contribution in [2.45, 2.75) is 6.92 Å². The quantitative estimate of drug-likeness (QED) is 0.627. The van der Waals surface area contributed by atoms with Gasteiger partial charge in [0.25, 0.3) is 5.91 Å². The summed E-state index contributed by atoms with van der Waals surface area (Å²) in [5.74, 6) is -0.614. The molecule has 7 heteroatoms. The van der Waals surface area contributed by atoms with E-state index in [1.165, 1.54) is 12.1 Å². The van der Waals surface area contributed by atoms with Gasteiger partial charge in [0.15, 0.2) is 0 Å². The molecule has 0 aliphatic carbocycles. The monoisotopic (exact) mass is 356 g/mol. The fraction of sp³-hybridized carbons (Fsp3) is 0.0667. The number of rotatable bonds is 3. The molecule has 0 saturated carbocycles. The molecule has 0 aliphatic rings. The molecular formula is C15H11Cl3N2O2. The zero-order valence-electron chi connectivity index (χ0n) is 11.4. The van der Waals surface area contributed by atoms with Crippen molar-refractivity contribution in [3.63, 3.8) is 0 Å². The Bertz CT molecular complexity index is 760. The van der Waals surface area contributed by atoms with E-state index in [4.69, 9.17) is 34.8 Å². The SMILES string of the molecule is C/C(=N\NC(=O)c1ccccc1Cl)c1cc(Cl)cc(Cl)c1O. The Morgan fingerprint density at radius 3 is 2.45 bits per heavy atom. The summed E-state index contributed by atoms with van der Waals surface area (Å²) in [5.41, 5.74) is 3.35. The van der Waals surface area contributed by atoms with Gasteiger partial charge in [-0.2, -0.15) is 5.10 Å². The molecule has 0 aliphatic heterocycles. The van der Waals surface area contributed by atoms with Crippen LogP contribution in [0.4, 0.5) is 0 Å². The average molecular weight is 358 g/mol. The van der Waals surface area contributed by atoms with Gasteiger partial charge in [-0.25, -0.2) is 5.43 Å². The number of benzene rings is 2. The molecule has 0 aromatic heterocycles. The van der Waals surface area contributed by atoms with Crippen LogP contribution in [-0.2, 0) is 0 Å². The molecule has 22 heavy (non-hydrogen) atoms. The minimum absolute atomic E-state index is 0.106. The number of nitrogens with one attached hydrogen (secondary N) is 1. The summed E-state index contributed by atoms with van der Waals surface area (Å²) < 4.78 is 0. The van der Waals surface area contributed by atoms with E-state index in [0.29, 0.717) is 26.9 Å². The van der Waals surface area contributed by atoms with Crippen LogP contribution in [0.15, 0.2) is 41.5 Å². The topological polar surface area (TPSA) is 61.7 Å². The van der Waals surface area contributed by atoms with Gasteiger partial charge in [-0.1, -0.05) is 46.9 Å². The number of hydrazone groups is 1. The summed E-state index contributed by atoms with van der Waals surface area (Å²) in [6, 6.07) is 9.52. The van der Waals surface area contributed by atoms with Gasteiger partial charge in [-0.15, -0.1) is 0 Å². The zero-order valence-corrected chi connectivity index (χ0v) is 13.7. The van der Waals surface area contributed by atoms with Gasteiger partial charge in [0.2, 0.25) is 0 Å². The molecule has 2 rings (SSSR count). The highest BCUT2D eigenvalue weighted by Crippen LogP contribution is 2.31. The molecular weight excluding hydrogens is 347 g/mol. The maximum atomic E-state index is 12.0. The average Bonchev–Trinajstić information content (AvgIpc) is 2.48. The third kappa shape index (κ3) is 3.71. The first-order valence-corrected chi connectivity index (χ1v) is 7.31. The van der Waals surface area contributed by atoms with Gasteiger partial charge in [-0.05, 0) is 31.2 Å². The van der Waals surface area contributed by atoms with Crippen molar-refractivity contribution in [2.24, 2.45) is 5.10 Å². The predicted octanol–water partition coefficient (Wildman–Crippen LogP) is 4.51. The van der Waals surface area contributed by atoms with Crippen LogP contribution in [0.2, 0.25) is 15.1 Å². The van der Waals surface area contributed by atoms with Crippen molar-refractivity contribution in [2.75, 3.05) is 0 Å². The molecule has 0 atom stereocenters. The number of aromatic hydroxyl groups is 1. The normalized spacial score (nSPS) is 11.4. The highest BCUT2D eigenvalue weighted by molar-refractivity contribution is 6.36. The van der Waals surface area contributed by atoms with Gasteiger partial charge < -0.3 is 5.11 Å². The fourth-order valence-electron chi connectivity index (χ4n) is 1.74. The Morgan fingerprint density at radius 1 is 1.09 bits per heavy atom. The lowest BCUT2D eigenvalue weighted by atomic mass is 10.1. The number of halogens is 3. The van der Waals surface area contributed by atoms with Crippen LogP contribution in [0.5, 0.6) is 5.75 Å². The number of hydrogen-bond donors (Lipinski definition) is 2. The molecule has 2 N–H and O–H groups in total. The Kier molecular flexibility index (Phi) is 5.29. The molecule has 2 aromatic carbocycles. The lowest BCUT2D eigenvalue weighted by molar-refractivity contribution is 0.0955. The molecule has 0 unspecified atom stereocenters. The molecule has 114 valence electrons. The lowest BCUT2D eigenvalue weighted by Gasteiger charge is -2.08. The van der Waals surface area contributed by atoms with Crippen LogP contribution in [0, 0.1) is 0 Å². The summed E-state index contributed by atoms with van der Waals surface area (Å²) in [6.07, 6.45) is 0. The molecule has 4 nitrogen and oxygen atoms in total. The highest BCUT2D eigenvalue weighted by atomic mass is 35.5. The number of phenolic OH excluding ortho intramolecular Hbond substituents is 1. The third-order valence-electron chi connectivity index (χ3n) is 2.86. The standard InChI is InChI=1S/C15H11Cl3N2O2/c1-8(11-6-9(16)7-13(18)14(11)21)19-20-15(22)10-4-2-3-5-12(10)17/h2-7,21H,1H3,(H,20,22)/b19-8+. The van der Waals surface area contributed by atoms with E-state index < -0.39 is 5.91 Å². The van der Waals surface area contributed by atoms with Crippen molar-refractivity contribution >= 4 is 46.4 Å². The Balaban J connectivity index is 2.24. The third-order valence-corrected chi connectivity index (χ3v) is 3.70. The maximum Gasteiger partial charge on any atom is 0.272 e. The number of nitrogens with zero attached hydrogens (tertiary/aromatic N) is 1. The Labute approximate surface area is 142 Å². The van der Waals surface area contributed by atoms with E-state index in [9.17, 15) is 9.90 Å². The molecule has 0 radical (unpaired) electrons. The summed E-state index contributed by atoms with van der Waals surface area (Å²) in [6.45, 7) is 1.61. The van der Waals surface area contributed by atoms with Crippen LogP contribution in [0.25, 0.3) is 0 Å². The molecule has 0 bridgehead atoms. The first-order valence-electron chi connectivity index (χ1n) is 6.17. The van der Waals surface area contributed by atoms with E-state index >= 15 is 0 Å². The summed E-state index contributed by atoms with van der Waals surface area (Å²) in [5, 5.41) is 14.6. The van der Waals surface area contributed by atoms with E-state index in [0.717, 1.165) is 0 Å².